The molecule has 0 fully saturated rings. The molecule has 1 N–H and O–H groups in total. The summed E-state index contributed by atoms with van der Waals surface area (Å²) in [7, 11) is 0. The van der Waals surface area contributed by atoms with E-state index in [9.17, 15) is 4.79 Å². The zero-order valence-electron chi connectivity index (χ0n) is 9.46. The van der Waals surface area contributed by atoms with Crippen LogP contribution in [0.3, 0.4) is 0 Å². The Morgan fingerprint density at radius 3 is 2.88 bits per heavy atom. The van der Waals surface area contributed by atoms with Gasteiger partial charge < -0.3 is 10.1 Å². The van der Waals surface area contributed by atoms with Crippen LogP contribution in [-0.2, 0) is 4.74 Å². The molecule has 1 rings (SSSR count). The highest BCUT2D eigenvalue weighted by molar-refractivity contribution is 9.11. The molecule has 0 saturated carbocycles. The van der Waals surface area contributed by atoms with Gasteiger partial charge in [0.25, 0.3) is 5.91 Å². The molecular weight excluding hydrogens is 290 g/mol. The van der Waals surface area contributed by atoms with Crippen LogP contribution in [-0.4, -0.2) is 25.7 Å². The Morgan fingerprint density at radius 1 is 1.56 bits per heavy atom. The molecule has 3 nitrogen and oxygen atoms in total. The van der Waals surface area contributed by atoms with Crippen LogP contribution in [0.4, 0.5) is 0 Å². The summed E-state index contributed by atoms with van der Waals surface area (Å²) in [6.45, 7) is 6.06. The van der Waals surface area contributed by atoms with Crippen molar-refractivity contribution in [2.75, 3.05) is 19.8 Å². The third kappa shape index (κ3) is 5.09. The number of carbonyl (C=O) groups excluding carboxylic acids is 1. The predicted octanol–water partition coefficient (Wildman–Crippen LogP) is 2.91. The first-order valence-corrected chi connectivity index (χ1v) is 6.82. The van der Waals surface area contributed by atoms with Crippen LogP contribution < -0.4 is 5.32 Å². The Bertz CT molecular complexity index is 338. The topological polar surface area (TPSA) is 38.3 Å². The number of rotatable bonds is 6. The van der Waals surface area contributed by atoms with Gasteiger partial charge in [-0.25, -0.2) is 0 Å². The smallest absolute Gasteiger partial charge is 0.261 e. The van der Waals surface area contributed by atoms with Crippen molar-refractivity contribution < 1.29 is 9.53 Å². The van der Waals surface area contributed by atoms with Gasteiger partial charge in [0.05, 0.1) is 15.3 Å². The number of halogens is 1. The SMILES string of the molecule is CC(C)COCCNC(=O)c1ccc(Br)s1. The summed E-state index contributed by atoms with van der Waals surface area (Å²) >= 11 is 4.75. The molecule has 0 unspecified atom stereocenters. The van der Waals surface area contributed by atoms with Gasteiger partial charge in [0.15, 0.2) is 0 Å². The minimum Gasteiger partial charge on any atom is -0.379 e. The van der Waals surface area contributed by atoms with Gasteiger partial charge >= 0.3 is 0 Å². The molecule has 1 heterocycles. The van der Waals surface area contributed by atoms with E-state index in [1.54, 1.807) is 6.07 Å². The molecule has 1 aromatic rings. The van der Waals surface area contributed by atoms with Crippen molar-refractivity contribution >= 4 is 33.2 Å². The summed E-state index contributed by atoms with van der Waals surface area (Å²) in [5.74, 6) is 0.493. The Morgan fingerprint density at radius 2 is 2.31 bits per heavy atom. The quantitative estimate of drug-likeness (QED) is 0.821. The summed E-state index contributed by atoms with van der Waals surface area (Å²) in [4.78, 5) is 12.3. The zero-order valence-corrected chi connectivity index (χ0v) is 11.9. The van der Waals surface area contributed by atoms with Crippen molar-refractivity contribution in [1.29, 1.82) is 0 Å². The number of ether oxygens (including phenoxy) is 1. The fourth-order valence-electron chi connectivity index (χ4n) is 1.08. The third-order valence-electron chi connectivity index (χ3n) is 1.78. The average molecular weight is 306 g/mol. The fraction of sp³-hybridized carbons (Fsp3) is 0.545. The average Bonchev–Trinajstić information content (AvgIpc) is 2.63. The molecule has 0 radical (unpaired) electrons. The minimum absolute atomic E-state index is 0.0381. The molecule has 16 heavy (non-hydrogen) atoms. The van der Waals surface area contributed by atoms with Gasteiger partial charge in [-0.1, -0.05) is 13.8 Å². The summed E-state index contributed by atoms with van der Waals surface area (Å²) in [6, 6.07) is 3.67. The standard InChI is InChI=1S/C11H16BrNO2S/c1-8(2)7-15-6-5-13-11(14)9-3-4-10(12)16-9/h3-4,8H,5-7H2,1-2H3,(H,13,14). The second-order valence-electron chi connectivity index (χ2n) is 3.83. The van der Waals surface area contributed by atoms with E-state index < -0.39 is 0 Å². The highest BCUT2D eigenvalue weighted by Gasteiger charge is 2.07. The molecule has 0 aromatic carbocycles. The number of thiophene rings is 1. The van der Waals surface area contributed by atoms with Crippen molar-refractivity contribution in [2.45, 2.75) is 13.8 Å². The Balaban J connectivity index is 2.16. The summed E-state index contributed by atoms with van der Waals surface area (Å²) < 4.78 is 6.33. The van der Waals surface area contributed by atoms with Gasteiger partial charge in [0.2, 0.25) is 0 Å². The molecule has 0 spiro atoms. The number of hydrogen-bond acceptors (Lipinski definition) is 3. The third-order valence-corrected chi connectivity index (χ3v) is 3.40. The van der Waals surface area contributed by atoms with Crippen molar-refractivity contribution in [3.8, 4) is 0 Å². The maximum Gasteiger partial charge on any atom is 0.261 e. The van der Waals surface area contributed by atoms with Crippen molar-refractivity contribution in [3.05, 3.63) is 20.8 Å². The van der Waals surface area contributed by atoms with Crippen LogP contribution in [0.1, 0.15) is 23.5 Å². The molecule has 5 heteroatoms. The lowest BCUT2D eigenvalue weighted by Gasteiger charge is -2.07. The fourth-order valence-corrected chi connectivity index (χ4v) is 2.38. The Hall–Kier alpha value is -0.390. The first-order valence-electron chi connectivity index (χ1n) is 5.21. The summed E-state index contributed by atoms with van der Waals surface area (Å²) in [5.41, 5.74) is 0. The lowest BCUT2D eigenvalue weighted by atomic mass is 10.2. The number of carbonyl (C=O) groups is 1. The van der Waals surface area contributed by atoms with Crippen molar-refractivity contribution in [2.24, 2.45) is 5.92 Å². The van der Waals surface area contributed by atoms with Gasteiger partial charge in [-0.15, -0.1) is 11.3 Å². The minimum atomic E-state index is -0.0381. The molecule has 0 aliphatic carbocycles. The van der Waals surface area contributed by atoms with E-state index in [-0.39, 0.29) is 5.91 Å². The van der Waals surface area contributed by atoms with Crippen LogP contribution >= 0.6 is 27.3 Å². The lowest BCUT2D eigenvalue weighted by molar-refractivity contribution is 0.0889. The molecule has 0 aliphatic heterocycles. The maximum atomic E-state index is 11.6. The molecule has 0 saturated heterocycles. The van der Waals surface area contributed by atoms with Crippen LogP contribution in [0.25, 0.3) is 0 Å². The second kappa shape index (κ2) is 7.04. The highest BCUT2D eigenvalue weighted by Crippen LogP contribution is 2.21. The normalized spacial score (nSPS) is 10.8. The molecular formula is C11H16BrNO2S. The van der Waals surface area contributed by atoms with E-state index >= 15 is 0 Å². The largest absolute Gasteiger partial charge is 0.379 e. The number of nitrogens with one attached hydrogen (secondary N) is 1. The van der Waals surface area contributed by atoms with Gasteiger partial charge in [-0.2, -0.15) is 0 Å². The molecule has 0 atom stereocenters. The molecule has 90 valence electrons. The second-order valence-corrected chi connectivity index (χ2v) is 6.29. The summed E-state index contributed by atoms with van der Waals surface area (Å²) in [6.07, 6.45) is 0. The Labute approximate surface area is 108 Å². The van der Waals surface area contributed by atoms with E-state index in [4.69, 9.17) is 4.74 Å². The van der Waals surface area contributed by atoms with Crippen LogP contribution in [0.2, 0.25) is 0 Å². The van der Waals surface area contributed by atoms with E-state index in [0.717, 1.165) is 15.3 Å². The van der Waals surface area contributed by atoms with Crippen LogP contribution in [0.5, 0.6) is 0 Å². The lowest BCUT2D eigenvalue weighted by Crippen LogP contribution is -2.26. The Kier molecular flexibility index (Phi) is 6.01. The first-order chi connectivity index (χ1) is 7.59. The van der Waals surface area contributed by atoms with E-state index in [2.05, 4.69) is 35.1 Å². The van der Waals surface area contributed by atoms with Gasteiger partial charge in [-0.3, -0.25) is 4.79 Å². The first kappa shape index (κ1) is 13.7. The van der Waals surface area contributed by atoms with Crippen LogP contribution in [0.15, 0.2) is 15.9 Å². The van der Waals surface area contributed by atoms with Gasteiger partial charge in [-0.05, 0) is 34.0 Å². The number of hydrogen-bond donors (Lipinski definition) is 1. The van der Waals surface area contributed by atoms with E-state index in [1.807, 2.05) is 6.07 Å². The molecule has 1 aromatic heterocycles. The number of amides is 1. The zero-order chi connectivity index (χ0) is 12.0. The van der Waals surface area contributed by atoms with Gasteiger partial charge in [0.1, 0.15) is 0 Å². The van der Waals surface area contributed by atoms with E-state index in [1.165, 1.54) is 11.3 Å². The van der Waals surface area contributed by atoms with Crippen LogP contribution in [0, 0.1) is 5.92 Å². The van der Waals surface area contributed by atoms with Crippen molar-refractivity contribution in [1.82, 2.24) is 5.32 Å². The predicted molar refractivity (Wildman–Crippen MR) is 70.0 cm³/mol. The van der Waals surface area contributed by atoms with E-state index in [0.29, 0.717) is 19.1 Å². The van der Waals surface area contributed by atoms with Gasteiger partial charge in [0, 0.05) is 13.2 Å². The molecule has 0 aliphatic rings. The molecule has 1 amide bonds. The highest BCUT2D eigenvalue weighted by atomic mass is 79.9. The maximum absolute atomic E-state index is 11.6. The monoisotopic (exact) mass is 305 g/mol. The van der Waals surface area contributed by atoms with Crippen molar-refractivity contribution in [3.63, 3.8) is 0 Å². The molecule has 0 bridgehead atoms. The summed E-state index contributed by atoms with van der Waals surface area (Å²) in [5, 5.41) is 2.81.